The molecule has 0 radical (unpaired) electrons. The molecule has 2 N–H and O–H groups in total. The van der Waals surface area contributed by atoms with Gasteiger partial charge in [0.25, 0.3) is 0 Å². The van der Waals surface area contributed by atoms with E-state index in [1.54, 1.807) is 29.2 Å². The van der Waals surface area contributed by atoms with Crippen molar-refractivity contribution in [3.63, 3.8) is 0 Å². The minimum atomic E-state index is -0.501. The SMILES string of the molecule is CCOC[C@H](O)CN1CCN(C(=O)Nc2cccc(C#N)c2)CC1. The molecule has 0 unspecified atom stereocenters. The smallest absolute Gasteiger partial charge is 0.321 e. The maximum Gasteiger partial charge on any atom is 0.321 e. The van der Waals surface area contributed by atoms with Gasteiger partial charge in [-0.15, -0.1) is 0 Å². The maximum absolute atomic E-state index is 12.3. The highest BCUT2D eigenvalue weighted by Gasteiger charge is 2.22. The molecular weight excluding hydrogens is 308 g/mol. The fourth-order valence-corrected chi connectivity index (χ4v) is 2.61. The quantitative estimate of drug-likeness (QED) is 0.814. The molecule has 0 saturated carbocycles. The van der Waals surface area contributed by atoms with Crippen LogP contribution in [0.2, 0.25) is 0 Å². The number of piperazine rings is 1. The molecule has 0 aliphatic carbocycles. The molecule has 1 aliphatic rings. The molecule has 2 rings (SSSR count). The van der Waals surface area contributed by atoms with Crippen LogP contribution in [-0.2, 0) is 4.74 Å². The Morgan fingerprint density at radius 3 is 2.83 bits per heavy atom. The van der Waals surface area contributed by atoms with Crippen LogP contribution in [0, 0.1) is 11.3 Å². The zero-order chi connectivity index (χ0) is 17.4. The Hall–Kier alpha value is -2.14. The van der Waals surface area contributed by atoms with Crippen molar-refractivity contribution in [3.05, 3.63) is 29.8 Å². The lowest BCUT2D eigenvalue weighted by atomic mass is 10.2. The second-order valence-electron chi connectivity index (χ2n) is 5.72. The molecule has 7 nitrogen and oxygen atoms in total. The summed E-state index contributed by atoms with van der Waals surface area (Å²) in [5.41, 5.74) is 1.13. The highest BCUT2D eigenvalue weighted by molar-refractivity contribution is 5.89. The van der Waals surface area contributed by atoms with E-state index in [-0.39, 0.29) is 6.03 Å². The van der Waals surface area contributed by atoms with Gasteiger partial charge in [0.15, 0.2) is 0 Å². The molecule has 24 heavy (non-hydrogen) atoms. The van der Waals surface area contributed by atoms with Gasteiger partial charge in [0.1, 0.15) is 0 Å². The van der Waals surface area contributed by atoms with Crippen molar-refractivity contribution in [2.24, 2.45) is 0 Å². The first-order valence-corrected chi connectivity index (χ1v) is 8.16. The number of nitriles is 1. The number of nitrogens with one attached hydrogen (secondary N) is 1. The van der Waals surface area contributed by atoms with Crippen LogP contribution in [0.1, 0.15) is 12.5 Å². The number of nitrogens with zero attached hydrogens (tertiary/aromatic N) is 3. The zero-order valence-electron chi connectivity index (χ0n) is 13.9. The summed E-state index contributed by atoms with van der Waals surface area (Å²) >= 11 is 0. The molecule has 1 fully saturated rings. The number of β-amino-alcohol motifs (C(OH)–C–C–N with tert-alkyl or cyclic N) is 1. The monoisotopic (exact) mass is 332 g/mol. The van der Waals surface area contributed by atoms with Crippen LogP contribution in [0.5, 0.6) is 0 Å². The fraction of sp³-hybridized carbons (Fsp3) is 0.529. The average Bonchev–Trinajstić information content (AvgIpc) is 2.60. The number of urea groups is 1. The first kappa shape index (κ1) is 18.2. The largest absolute Gasteiger partial charge is 0.389 e. The number of amides is 2. The highest BCUT2D eigenvalue weighted by Crippen LogP contribution is 2.12. The van der Waals surface area contributed by atoms with Crippen molar-refractivity contribution in [1.29, 1.82) is 5.26 Å². The Morgan fingerprint density at radius 2 is 2.17 bits per heavy atom. The highest BCUT2D eigenvalue weighted by atomic mass is 16.5. The van der Waals surface area contributed by atoms with Crippen molar-refractivity contribution in [3.8, 4) is 6.07 Å². The lowest BCUT2D eigenvalue weighted by Gasteiger charge is -2.35. The number of carbonyl (C=O) groups is 1. The van der Waals surface area contributed by atoms with Crippen molar-refractivity contribution in [2.75, 3.05) is 51.3 Å². The normalized spacial score (nSPS) is 16.5. The molecule has 1 saturated heterocycles. The van der Waals surface area contributed by atoms with E-state index < -0.39 is 6.10 Å². The van der Waals surface area contributed by atoms with Crippen LogP contribution in [-0.4, -0.2) is 73.0 Å². The predicted octanol–water partition coefficient (Wildman–Crippen LogP) is 1.11. The number of rotatable bonds is 6. The number of ether oxygens (including phenoxy) is 1. The van der Waals surface area contributed by atoms with E-state index in [9.17, 15) is 9.90 Å². The van der Waals surface area contributed by atoms with Crippen molar-refractivity contribution in [1.82, 2.24) is 9.80 Å². The topological polar surface area (TPSA) is 88.8 Å². The van der Waals surface area contributed by atoms with Gasteiger partial charge in [-0.25, -0.2) is 4.79 Å². The first-order chi connectivity index (χ1) is 11.6. The molecule has 7 heteroatoms. The first-order valence-electron chi connectivity index (χ1n) is 8.16. The van der Waals surface area contributed by atoms with Crippen LogP contribution in [0.15, 0.2) is 24.3 Å². The molecular formula is C17H24N4O3. The van der Waals surface area contributed by atoms with E-state index in [0.29, 0.717) is 44.1 Å². The van der Waals surface area contributed by atoms with Crippen molar-refractivity contribution < 1.29 is 14.6 Å². The Labute approximate surface area is 142 Å². The molecule has 1 aromatic rings. The van der Waals surface area contributed by atoms with Crippen LogP contribution in [0.3, 0.4) is 0 Å². The second kappa shape index (κ2) is 9.23. The minimum absolute atomic E-state index is 0.167. The summed E-state index contributed by atoms with van der Waals surface area (Å²) in [5, 5.41) is 21.6. The van der Waals surface area contributed by atoms with Crippen LogP contribution in [0.25, 0.3) is 0 Å². The van der Waals surface area contributed by atoms with E-state index in [0.717, 1.165) is 13.1 Å². The molecule has 1 heterocycles. The van der Waals surface area contributed by atoms with Crippen molar-refractivity contribution in [2.45, 2.75) is 13.0 Å². The summed E-state index contributed by atoms with van der Waals surface area (Å²) in [4.78, 5) is 16.2. The van der Waals surface area contributed by atoms with Gasteiger partial charge in [-0.1, -0.05) is 6.07 Å². The van der Waals surface area contributed by atoms with Gasteiger partial charge in [-0.2, -0.15) is 5.26 Å². The molecule has 1 aliphatic heterocycles. The summed E-state index contributed by atoms with van der Waals surface area (Å²) in [6.45, 7) is 6.03. The van der Waals surface area contributed by atoms with Crippen LogP contribution >= 0.6 is 0 Å². The number of aliphatic hydroxyl groups is 1. The minimum Gasteiger partial charge on any atom is -0.389 e. The molecule has 0 aromatic heterocycles. The van der Waals surface area contributed by atoms with Gasteiger partial charge in [0.05, 0.1) is 24.3 Å². The van der Waals surface area contributed by atoms with E-state index in [4.69, 9.17) is 10.00 Å². The van der Waals surface area contributed by atoms with Crippen LogP contribution in [0.4, 0.5) is 10.5 Å². The third kappa shape index (κ3) is 5.49. The number of hydrogen-bond acceptors (Lipinski definition) is 5. The van der Waals surface area contributed by atoms with E-state index >= 15 is 0 Å². The maximum atomic E-state index is 12.3. The van der Waals surface area contributed by atoms with Gasteiger partial charge in [-0.05, 0) is 25.1 Å². The van der Waals surface area contributed by atoms with Gasteiger partial charge in [-0.3, -0.25) is 4.90 Å². The lowest BCUT2D eigenvalue weighted by Crippen LogP contribution is -2.51. The number of benzene rings is 1. The van der Waals surface area contributed by atoms with E-state index in [2.05, 4.69) is 16.3 Å². The molecule has 1 atom stereocenters. The number of anilines is 1. The van der Waals surface area contributed by atoms with E-state index in [1.807, 2.05) is 6.92 Å². The van der Waals surface area contributed by atoms with Gasteiger partial charge in [0, 0.05) is 45.0 Å². The summed E-state index contributed by atoms with van der Waals surface area (Å²) in [6, 6.07) is 8.74. The van der Waals surface area contributed by atoms with Gasteiger partial charge >= 0.3 is 6.03 Å². The molecule has 1 aromatic carbocycles. The number of hydrogen-bond donors (Lipinski definition) is 2. The summed E-state index contributed by atoms with van der Waals surface area (Å²) in [5.74, 6) is 0. The zero-order valence-corrected chi connectivity index (χ0v) is 13.9. The second-order valence-corrected chi connectivity index (χ2v) is 5.72. The predicted molar refractivity (Wildman–Crippen MR) is 90.7 cm³/mol. The molecule has 130 valence electrons. The van der Waals surface area contributed by atoms with E-state index in [1.165, 1.54) is 0 Å². The Bertz CT molecular complexity index is 579. The van der Waals surface area contributed by atoms with Crippen LogP contribution < -0.4 is 5.32 Å². The van der Waals surface area contributed by atoms with Gasteiger partial charge < -0.3 is 20.1 Å². The number of carbonyl (C=O) groups excluding carboxylic acids is 1. The molecule has 2 amide bonds. The Balaban J connectivity index is 1.77. The Morgan fingerprint density at radius 1 is 1.42 bits per heavy atom. The third-order valence-electron chi connectivity index (χ3n) is 3.89. The van der Waals surface area contributed by atoms with Gasteiger partial charge in [0.2, 0.25) is 0 Å². The third-order valence-corrected chi connectivity index (χ3v) is 3.89. The average molecular weight is 332 g/mol. The molecule has 0 spiro atoms. The standard InChI is InChI=1S/C17H24N4O3/c1-2-24-13-16(22)12-20-6-8-21(9-7-20)17(23)19-15-5-3-4-14(10-15)11-18/h3-5,10,16,22H,2,6-9,12-13H2,1H3,(H,19,23)/t16-/m1/s1. The Kier molecular flexibility index (Phi) is 7.00. The molecule has 0 bridgehead atoms. The fourth-order valence-electron chi connectivity index (χ4n) is 2.61. The van der Waals surface area contributed by atoms with Crippen molar-refractivity contribution >= 4 is 11.7 Å². The summed E-state index contributed by atoms with van der Waals surface area (Å²) in [7, 11) is 0. The summed E-state index contributed by atoms with van der Waals surface area (Å²) < 4.78 is 5.21. The summed E-state index contributed by atoms with van der Waals surface area (Å²) in [6.07, 6.45) is -0.501. The number of aliphatic hydroxyl groups excluding tert-OH is 1. The lowest BCUT2D eigenvalue weighted by molar-refractivity contribution is 0.0139.